The molecule has 0 radical (unpaired) electrons. The minimum absolute atomic E-state index is 0.179. The highest BCUT2D eigenvalue weighted by Crippen LogP contribution is 2.13. The fraction of sp³-hybridized carbons (Fsp3) is 0.933. The topological polar surface area (TPSA) is 70.5 Å². The van der Waals surface area contributed by atoms with Gasteiger partial charge < -0.3 is 20.9 Å². The van der Waals surface area contributed by atoms with Gasteiger partial charge in [0.25, 0.3) is 10.3 Å². The molecule has 0 spiro atoms. The Balaban J connectivity index is 0. The van der Waals surface area contributed by atoms with E-state index < -0.39 is 0 Å². The molecule has 0 fully saturated rings. The van der Waals surface area contributed by atoms with Crippen LogP contribution in [0.4, 0.5) is 0 Å². The van der Waals surface area contributed by atoms with Crippen LogP contribution >= 0.6 is 24.4 Å². The molecule has 0 aromatic heterocycles. The van der Waals surface area contributed by atoms with E-state index in [1.54, 1.807) is 0 Å². The maximum absolute atomic E-state index is 5.24. The van der Waals surface area contributed by atoms with Crippen LogP contribution in [0.2, 0.25) is 0 Å². The van der Waals surface area contributed by atoms with Crippen LogP contribution in [-0.2, 0) is 9.47 Å². The molecule has 0 saturated carbocycles. The number of hydrogen-bond donors (Lipinski definition) is 2. The molecule has 0 aliphatic heterocycles. The van der Waals surface area contributed by atoms with Crippen molar-refractivity contribution in [2.75, 3.05) is 13.2 Å². The monoisotopic (exact) mass is 546 g/mol. The van der Waals surface area contributed by atoms with E-state index in [0.29, 0.717) is 13.2 Å². The number of rotatable bonds is 26. The van der Waals surface area contributed by atoms with E-state index in [4.69, 9.17) is 20.9 Å². The molecular formula is C30H62N2O2S2. The number of nitrogens with two attached hydrogens (primary N) is 2. The first-order chi connectivity index (χ1) is 17.5. The van der Waals surface area contributed by atoms with Crippen molar-refractivity contribution in [2.24, 2.45) is 11.5 Å². The SMILES string of the molecule is CCCCCCCCCCCCCCOC(N)=S.CCCCCCCCCCCCCCOC(N)=S. The average Bonchev–Trinajstić information content (AvgIpc) is 2.85. The summed E-state index contributed by atoms with van der Waals surface area (Å²) < 4.78 is 10.1. The second-order valence-corrected chi connectivity index (χ2v) is 10.9. The first-order valence-electron chi connectivity index (χ1n) is 15.4. The molecule has 0 unspecified atom stereocenters. The van der Waals surface area contributed by atoms with Crippen molar-refractivity contribution >= 4 is 34.8 Å². The molecule has 0 aromatic carbocycles. The van der Waals surface area contributed by atoms with Crippen LogP contribution in [0, 0.1) is 0 Å². The Morgan fingerprint density at radius 3 is 0.778 bits per heavy atom. The third-order valence-corrected chi connectivity index (χ3v) is 6.72. The number of unbranched alkanes of at least 4 members (excludes halogenated alkanes) is 22. The fourth-order valence-electron chi connectivity index (χ4n) is 4.23. The predicted octanol–water partition coefficient (Wildman–Crippen LogP) is 9.90. The molecule has 0 aromatic rings. The standard InChI is InChI=1S/2C15H31NOS/c2*1-2-3-4-5-6-7-8-9-10-11-12-13-14-17-15(16)18/h2*2-14H2,1H3,(H2,16,18). The molecule has 36 heavy (non-hydrogen) atoms. The van der Waals surface area contributed by atoms with Gasteiger partial charge in [0, 0.05) is 0 Å². The lowest BCUT2D eigenvalue weighted by Crippen LogP contribution is -2.13. The van der Waals surface area contributed by atoms with E-state index in [-0.39, 0.29) is 10.3 Å². The van der Waals surface area contributed by atoms with E-state index in [1.807, 2.05) is 0 Å². The van der Waals surface area contributed by atoms with Gasteiger partial charge in [0.2, 0.25) is 0 Å². The largest absolute Gasteiger partial charge is 0.471 e. The van der Waals surface area contributed by atoms with Crippen molar-refractivity contribution in [1.29, 1.82) is 0 Å². The zero-order valence-corrected chi connectivity index (χ0v) is 25.8. The summed E-state index contributed by atoms with van der Waals surface area (Å²) in [6.45, 7) is 5.91. The highest BCUT2D eigenvalue weighted by molar-refractivity contribution is 7.80. The summed E-state index contributed by atoms with van der Waals surface area (Å²) in [6.07, 6.45) is 32.6. The molecule has 216 valence electrons. The molecule has 0 aliphatic carbocycles. The Morgan fingerprint density at radius 1 is 0.389 bits per heavy atom. The van der Waals surface area contributed by atoms with Gasteiger partial charge in [-0.05, 0) is 37.3 Å². The van der Waals surface area contributed by atoms with Gasteiger partial charge in [0.1, 0.15) is 0 Å². The third kappa shape index (κ3) is 40.5. The summed E-state index contributed by atoms with van der Waals surface area (Å²) in [5.74, 6) is 0. The Hall–Kier alpha value is -0.620. The van der Waals surface area contributed by atoms with Gasteiger partial charge in [-0.3, -0.25) is 0 Å². The third-order valence-electron chi connectivity index (χ3n) is 6.48. The number of ether oxygens (including phenoxy) is 2. The summed E-state index contributed by atoms with van der Waals surface area (Å²) in [5, 5.41) is 0.358. The molecule has 0 bridgehead atoms. The minimum atomic E-state index is 0.179. The zero-order chi connectivity index (χ0) is 27.0. The molecule has 0 saturated heterocycles. The predicted molar refractivity (Wildman–Crippen MR) is 168 cm³/mol. The van der Waals surface area contributed by atoms with E-state index in [9.17, 15) is 0 Å². The summed E-state index contributed by atoms with van der Waals surface area (Å²) >= 11 is 9.28. The van der Waals surface area contributed by atoms with Crippen molar-refractivity contribution in [2.45, 2.75) is 168 Å². The van der Waals surface area contributed by atoms with Crippen LogP contribution < -0.4 is 11.5 Å². The lowest BCUT2D eigenvalue weighted by atomic mass is 10.1. The van der Waals surface area contributed by atoms with Crippen LogP contribution in [0.3, 0.4) is 0 Å². The van der Waals surface area contributed by atoms with Crippen LogP contribution in [0.25, 0.3) is 0 Å². The Kier molecular flexibility index (Phi) is 35.8. The molecule has 0 amide bonds. The van der Waals surface area contributed by atoms with E-state index in [1.165, 1.54) is 141 Å². The molecule has 0 atom stereocenters. The normalized spacial score (nSPS) is 10.5. The van der Waals surface area contributed by atoms with Gasteiger partial charge in [0.15, 0.2) is 0 Å². The highest BCUT2D eigenvalue weighted by atomic mass is 32.1. The molecule has 6 heteroatoms. The van der Waals surface area contributed by atoms with Crippen molar-refractivity contribution < 1.29 is 9.47 Å². The van der Waals surface area contributed by atoms with Crippen LogP contribution in [0.15, 0.2) is 0 Å². The van der Waals surface area contributed by atoms with E-state index in [2.05, 4.69) is 38.3 Å². The second-order valence-electron chi connectivity index (χ2n) is 10.1. The molecule has 4 nitrogen and oxygen atoms in total. The smallest absolute Gasteiger partial charge is 0.253 e. The summed E-state index contributed by atoms with van der Waals surface area (Å²) in [5.41, 5.74) is 10.5. The minimum Gasteiger partial charge on any atom is -0.471 e. The zero-order valence-electron chi connectivity index (χ0n) is 24.2. The number of thiocarbonyl (C=S) groups is 2. The first-order valence-corrected chi connectivity index (χ1v) is 16.2. The first kappa shape index (κ1) is 37.5. The van der Waals surface area contributed by atoms with Crippen molar-refractivity contribution in [3.8, 4) is 0 Å². The highest BCUT2D eigenvalue weighted by Gasteiger charge is 1.95. The second kappa shape index (κ2) is 34.4. The quantitative estimate of drug-likeness (QED) is 0.0830. The van der Waals surface area contributed by atoms with Crippen LogP contribution in [0.1, 0.15) is 168 Å². The van der Waals surface area contributed by atoms with E-state index >= 15 is 0 Å². The van der Waals surface area contributed by atoms with Gasteiger partial charge in [-0.1, -0.05) is 155 Å². The lowest BCUT2D eigenvalue weighted by Gasteiger charge is -2.04. The Bertz CT molecular complexity index is 411. The molecule has 0 heterocycles. The van der Waals surface area contributed by atoms with Crippen molar-refractivity contribution in [3.63, 3.8) is 0 Å². The van der Waals surface area contributed by atoms with Gasteiger partial charge in [-0.15, -0.1) is 0 Å². The molecular weight excluding hydrogens is 484 g/mol. The maximum atomic E-state index is 5.24. The van der Waals surface area contributed by atoms with Gasteiger partial charge in [0.05, 0.1) is 13.2 Å². The van der Waals surface area contributed by atoms with Crippen LogP contribution in [-0.4, -0.2) is 23.6 Å². The molecule has 0 rings (SSSR count). The maximum Gasteiger partial charge on any atom is 0.253 e. The fourth-order valence-corrected chi connectivity index (χ4v) is 4.40. The van der Waals surface area contributed by atoms with Gasteiger partial charge in [-0.25, -0.2) is 0 Å². The van der Waals surface area contributed by atoms with Gasteiger partial charge >= 0.3 is 0 Å². The van der Waals surface area contributed by atoms with Crippen LogP contribution in [0.5, 0.6) is 0 Å². The molecule has 4 N–H and O–H groups in total. The van der Waals surface area contributed by atoms with E-state index in [0.717, 1.165) is 12.8 Å². The Morgan fingerprint density at radius 2 is 0.583 bits per heavy atom. The average molecular weight is 547 g/mol. The molecule has 0 aliphatic rings. The van der Waals surface area contributed by atoms with Gasteiger partial charge in [-0.2, -0.15) is 0 Å². The lowest BCUT2D eigenvalue weighted by molar-refractivity contribution is 0.295. The summed E-state index contributed by atoms with van der Waals surface area (Å²) in [6, 6.07) is 0. The number of hydrogen-bond acceptors (Lipinski definition) is 4. The summed E-state index contributed by atoms with van der Waals surface area (Å²) in [4.78, 5) is 0. The van der Waals surface area contributed by atoms with Crippen molar-refractivity contribution in [3.05, 3.63) is 0 Å². The Labute approximate surface area is 236 Å². The summed E-state index contributed by atoms with van der Waals surface area (Å²) in [7, 11) is 0. The van der Waals surface area contributed by atoms with Crippen molar-refractivity contribution in [1.82, 2.24) is 0 Å².